The van der Waals surface area contributed by atoms with Gasteiger partial charge in [0.05, 0.1) is 11.6 Å². The molecule has 1 heterocycles. The predicted octanol–water partition coefficient (Wildman–Crippen LogP) is 3.79. The SMILES string of the molecule is CCCCn1cc2c(C)c(O[C@H]3CC[C@@H](N)CC3)ccc2n1. The average Bonchev–Trinajstić information content (AvgIpc) is 2.94. The van der Waals surface area contributed by atoms with Crippen LogP contribution in [-0.4, -0.2) is 21.9 Å². The first-order valence-electron chi connectivity index (χ1n) is 8.56. The van der Waals surface area contributed by atoms with Gasteiger partial charge in [0, 0.05) is 29.7 Å². The van der Waals surface area contributed by atoms with Crippen LogP contribution in [0.25, 0.3) is 10.9 Å². The van der Waals surface area contributed by atoms with E-state index in [0.29, 0.717) is 12.1 Å². The predicted molar refractivity (Wildman–Crippen MR) is 90.2 cm³/mol. The Bertz CT molecular complexity index is 627. The van der Waals surface area contributed by atoms with E-state index >= 15 is 0 Å². The number of hydrogen-bond acceptors (Lipinski definition) is 3. The van der Waals surface area contributed by atoms with Crippen molar-refractivity contribution in [3.05, 3.63) is 23.9 Å². The molecule has 0 radical (unpaired) electrons. The highest BCUT2D eigenvalue weighted by atomic mass is 16.5. The van der Waals surface area contributed by atoms with Crippen molar-refractivity contribution in [3.63, 3.8) is 0 Å². The van der Waals surface area contributed by atoms with Gasteiger partial charge in [0.2, 0.25) is 0 Å². The number of ether oxygens (including phenoxy) is 1. The minimum absolute atomic E-state index is 0.311. The van der Waals surface area contributed by atoms with Crippen LogP contribution in [0.4, 0.5) is 0 Å². The summed E-state index contributed by atoms with van der Waals surface area (Å²) in [5.41, 5.74) is 8.24. The fraction of sp³-hybridized carbons (Fsp3) is 0.611. The van der Waals surface area contributed by atoms with E-state index in [9.17, 15) is 0 Å². The second kappa shape index (κ2) is 6.69. The van der Waals surface area contributed by atoms with E-state index < -0.39 is 0 Å². The van der Waals surface area contributed by atoms with E-state index in [0.717, 1.165) is 43.5 Å². The van der Waals surface area contributed by atoms with E-state index in [1.807, 2.05) is 0 Å². The number of benzene rings is 1. The number of hydrogen-bond donors (Lipinski definition) is 1. The summed E-state index contributed by atoms with van der Waals surface area (Å²) in [6, 6.07) is 4.51. The minimum atomic E-state index is 0.311. The molecule has 1 aromatic heterocycles. The first-order valence-corrected chi connectivity index (χ1v) is 8.56. The van der Waals surface area contributed by atoms with E-state index in [4.69, 9.17) is 10.5 Å². The Kier molecular flexibility index (Phi) is 4.67. The van der Waals surface area contributed by atoms with Crippen LogP contribution in [0.2, 0.25) is 0 Å². The maximum Gasteiger partial charge on any atom is 0.123 e. The molecule has 3 rings (SSSR count). The smallest absolute Gasteiger partial charge is 0.123 e. The maximum atomic E-state index is 6.24. The lowest BCUT2D eigenvalue weighted by Crippen LogP contribution is -2.31. The monoisotopic (exact) mass is 301 g/mol. The van der Waals surface area contributed by atoms with Crippen molar-refractivity contribution in [1.29, 1.82) is 0 Å². The van der Waals surface area contributed by atoms with Gasteiger partial charge in [-0.3, -0.25) is 4.68 Å². The van der Waals surface area contributed by atoms with Gasteiger partial charge in [-0.2, -0.15) is 5.10 Å². The van der Waals surface area contributed by atoms with Crippen LogP contribution in [0.3, 0.4) is 0 Å². The van der Waals surface area contributed by atoms with Crippen molar-refractivity contribution in [2.75, 3.05) is 0 Å². The molecule has 1 saturated carbocycles. The number of unbranched alkanes of at least 4 members (excludes halogenated alkanes) is 1. The summed E-state index contributed by atoms with van der Waals surface area (Å²) in [5, 5.41) is 5.86. The minimum Gasteiger partial charge on any atom is -0.490 e. The van der Waals surface area contributed by atoms with Crippen LogP contribution < -0.4 is 10.5 Å². The molecule has 1 aromatic carbocycles. The Labute approximate surface area is 132 Å². The molecule has 0 unspecified atom stereocenters. The highest BCUT2D eigenvalue weighted by Gasteiger charge is 2.21. The fourth-order valence-corrected chi connectivity index (χ4v) is 3.21. The normalized spacial score (nSPS) is 22.1. The molecule has 22 heavy (non-hydrogen) atoms. The molecule has 4 nitrogen and oxygen atoms in total. The number of fused-ring (bicyclic) bond motifs is 1. The summed E-state index contributed by atoms with van der Waals surface area (Å²) in [6.07, 6.45) is 9.09. The molecule has 0 atom stereocenters. The molecule has 0 spiro atoms. The van der Waals surface area contributed by atoms with Crippen LogP contribution in [0, 0.1) is 6.92 Å². The van der Waals surface area contributed by atoms with Gasteiger partial charge in [0.15, 0.2) is 0 Å². The molecule has 4 heteroatoms. The number of rotatable bonds is 5. The second-order valence-electron chi connectivity index (χ2n) is 6.52. The summed E-state index contributed by atoms with van der Waals surface area (Å²) < 4.78 is 8.30. The summed E-state index contributed by atoms with van der Waals surface area (Å²) in [7, 11) is 0. The van der Waals surface area contributed by atoms with Crippen LogP contribution in [0.1, 0.15) is 51.0 Å². The fourth-order valence-electron chi connectivity index (χ4n) is 3.21. The van der Waals surface area contributed by atoms with Crippen molar-refractivity contribution >= 4 is 10.9 Å². The Morgan fingerprint density at radius 1 is 1.27 bits per heavy atom. The van der Waals surface area contributed by atoms with Crippen LogP contribution in [0.5, 0.6) is 5.75 Å². The number of nitrogens with zero attached hydrogens (tertiary/aromatic N) is 2. The highest BCUT2D eigenvalue weighted by Crippen LogP contribution is 2.30. The number of aromatic nitrogens is 2. The van der Waals surface area contributed by atoms with Gasteiger partial charge in [0.25, 0.3) is 0 Å². The molecule has 2 N–H and O–H groups in total. The molecule has 2 aromatic rings. The van der Waals surface area contributed by atoms with Crippen molar-refractivity contribution < 1.29 is 4.74 Å². The van der Waals surface area contributed by atoms with E-state index in [1.54, 1.807) is 0 Å². The Balaban J connectivity index is 1.77. The van der Waals surface area contributed by atoms with Gasteiger partial charge < -0.3 is 10.5 Å². The largest absolute Gasteiger partial charge is 0.490 e. The lowest BCUT2D eigenvalue weighted by atomic mass is 9.93. The van der Waals surface area contributed by atoms with Gasteiger partial charge in [-0.25, -0.2) is 0 Å². The first kappa shape index (κ1) is 15.3. The molecule has 120 valence electrons. The number of nitrogens with two attached hydrogens (primary N) is 1. The Morgan fingerprint density at radius 2 is 2.05 bits per heavy atom. The molecule has 0 saturated heterocycles. The van der Waals surface area contributed by atoms with Gasteiger partial charge >= 0.3 is 0 Å². The average molecular weight is 301 g/mol. The Morgan fingerprint density at radius 3 is 2.77 bits per heavy atom. The summed E-state index contributed by atoms with van der Waals surface area (Å²) in [6.45, 7) is 5.33. The van der Waals surface area contributed by atoms with Gasteiger partial charge in [-0.05, 0) is 51.2 Å². The Hall–Kier alpha value is -1.55. The van der Waals surface area contributed by atoms with Crippen molar-refractivity contribution in [3.8, 4) is 5.75 Å². The second-order valence-corrected chi connectivity index (χ2v) is 6.52. The van der Waals surface area contributed by atoms with Crippen LogP contribution >= 0.6 is 0 Å². The molecule has 0 bridgehead atoms. The zero-order valence-electron chi connectivity index (χ0n) is 13.7. The number of aryl methyl sites for hydroxylation is 2. The topological polar surface area (TPSA) is 53.1 Å². The quantitative estimate of drug-likeness (QED) is 0.914. The van der Waals surface area contributed by atoms with Crippen LogP contribution in [0.15, 0.2) is 18.3 Å². The van der Waals surface area contributed by atoms with E-state index in [2.05, 4.69) is 42.0 Å². The summed E-state index contributed by atoms with van der Waals surface area (Å²) in [4.78, 5) is 0. The molecular weight excluding hydrogens is 274 g/mol. The first-order chi connectivity index (χ1) is 10.7. The molecule has 1 aliphatic rings. The molecule has 1 fully saturated rings. The van der Waals surface area contributed by atoms with Gasteiger partial charge in [0.1, 0.15) is 5.75 Å². The van der Waals surface area contributed by atoms with E-state index in [-0.39, 0.29) is 0 Å². The molecule has 0 aliphatic heterocycles. The highest BCUT2D eigenvalue weighted by molar-refractivity contribution is 5.83. The van der Waals surface area contributed by atoms with Crippen LogP contribution in [-0.2, 0) is 6.54 Å². The maximum absolute atomic E-state index is 6.24. The third-order valence-corrected chi connectivity index (χ3v) is 4.71. The standard InChI is InChI=1S/C18H27N3O/c1-3-4-11-21-12-16-13(2)18(10-9-17(16)20-21)22-15-7-5-14(19)6-8-15/h9-10,12,14-15H,3-8,11,19H2,1-2H3/t14-,15+. The third-order valence-electron chi connectivity index (χ3n) is 4.71. The van der Waals surface area contributed by atoms with Gasteiger partial charge in [-0.1, -0.05) is 13.3 Å². The van der Waals surface area contributed by atoms with Gasteiger partial charge in [-0.15, -0.1) is 0 Å². The lowest BCUT2D eigenvalue weighted by molar-refractivity contribution is 0.146. The zero-order valence-corrected chi connectivity index (χ0v) is 13.7. The van der Waals surface area contributed by atoms with Crippen molar-refractivity contribution in [1.82, 2.24) is 9.78 Å². The summed E-state index contributed by atoms with van der Waals surface area (Å²) in [5.74, 6) is 1.00. The zero-order chi connectivity index (χ0) is 15.5. The molecular formula is C18H27N3O. The lowest BCUT2D eigenvalue weighted by Gasteiger charge is -2.27. The summed E-state index contributed by atoms with van der Waals surface area (Å²) >= 11 is 0. The van der Waals surface area contributed by atoms with Crippen molar-refractivity contribution in [2.24, 2.45) is 5.73 Å². The molecule has 1 aliphatic carbocycles. The van der Waals surface area contributed by atoms with E-state index in [1.165, 1.54) is 23.8 Å². The van der Waals surface area contributed by atoms with Crippen molar-refractivity contribution in [2.45, 2.75) is 71.1 Å². The third kappa shape index (κ3) is 3.27. The molecule has 0 amide bonds.